The fourth-order valence-electron chi connectivity index (χ4n) is 2.34. The quantitative estimate of drug-likeness (QED) is 0.774. The van der Waals surface area contributed by atoms with Crippen molar-refractivity contribution in [3.05, 3.63) is 53.2 Å². The topological polar surface area (TPSA) is 22.1 Å². The van der Waals surface area contributed by atoms with Gasteiger partial charge in [0.1, 0.15) is 5.75 Å². The molecule has 0 fully saturated rings. The number of aromatic nitrogens is 1. The van der Waals surface area contributed by atoms with Gasteiger partial charge in [0.2, 0.25) is 5.88 Å². The summed E-state index contributed by atoms with van der Waals surface area (Å²) >= 11 is 5.87. The van der Waals surface area contributed by atoms with E-state index in [9.17, 15) is 0 Å². The Hall–Kier alpha value is -1.54. The van der Waals surface area contributed by atoms with E-state index in [0.717, 1.165) is 17.7 Å². The van der Waals surface area contributed by atoms with Gasteiger partial charge in [-0.15, -0.1) is 11.6 Å². The summed E-state index contributed by atoms with van der Waals surface area (Å²) in [4.78, 5) is 4.23. The molecule has 0 bridgehead atoms. The molecule has 3 rings (SSSR count). The van der Waals surface area contributed by atoms with Gasteiger partial charge >= 0.3 is 0 Å². The molecule has 0 N–H and O–H groups in total. The molecule has 0 saturated carbocycles. The van der Waals surface area contributed by atoms with Gasteiger partial charge in [-0.3, -0.25) is 0 Å². The molecule has 2 aromatic rings. The molecule has 1 aliphatic rings. The first-order valence-corrected chi connectivity index (χ1v) is 6.70. The second kappa shape index (κ2) is 4.99. The Morgan fingerprint density at radius 3 is 2.94 bits per heavy atom. The lowest BCUT2D eigenvalue weighted by Gasteiger charge is -2.09. The normalized spacial score (nSPS) is 13.4. The molecule has 0 radical (unpaired) electrons. The predicted octanol–water partition coefficient (Wildman–Crippen LogP) is 4.10. The van der Waals surface area contributed by atoms with Crippen molar-refractivity contribution in [2.45, 2.75) is 25.1 Å². The Balaban J connectivity index is 1.88. The van der Waals surface area contributed by atoms with Crippen LogP contribution in [0.5, 0.6) is 11.6 Å². The van der Waals surface area contributed by atoms with Crippen LogP contribution in [-0.2, 0) is 18.7 Å². The van der Waals surface area contributed by atoms with E-state index in [-0.39, 0.29) is 0 Å². The maximum atomic E-state index is 5.87. The first kappa shape index (κ1) is 11.5. The summed E-state index contributed by atoms with van der Waals surface area (Å²) < 4.78 is 5.83. The Morgan fingerprint density at radius 2 is 2.06 bits per heavy atom. The van der Waals surface area contributed by atoms with E-state index in [1.807, 2.05) is 18.2 Å². The zero-order valence-corrected chi connectivity index (χ0v) is 10.8. The Bertz CT molecular complexity index is 568. The number of hydrogen-bond donors (Lipinski definition) is 0. The summed E-state index contributed by atoms with van der Waals surface area (Å²) in [5.41, 5.74) is 3.76. The van der Waals surface area contributed by atoms with Crippen LogP contribution in [0.25, 0.3) is 0 Å². The van der Waals surface area contributed by atoms with Crippen LogP contribution in [0.2, 0.25) is 0 Å². The number of halogens is 1. The van der Waals surface area contributed by atoms with E-state index in [1.165, 1.54) is 24.0 Å². The molecular weight excluding hydrogens is 246 g/mol. The maximum Gasteiger partial charge on any atom is 0.223 e. The van der Waals surface area contributed by atoms with Crippen LogP contribution in [0.4, 0.5) is 0 Å². The van der Waals surface area contributed by atoms with Crippen molar-refractivity contribution in [3.63, 3.8) is 0 Å². The van der Waals surface area contributed by atoms with Crippen molar-refractivity contribution >= 4 is 11.6 Å². The smallest absolute Gasteiger partial charge is 0.223 e. The number of ether oxygens (including phenoxy) is 1. The minimum atomic E-state index is 0.411. The minimum absolute atomic E-state index is 0.411. The number of alkyl halides is 1. The monoisotopic (exact) mass is 259 g/mol. The molecule has 1 heterocycles. The molecule has 1 aliphatic carbocycles. The predicted molar refractivity (Wildman–Crippen MR) is 72.3 cm³/mol. The van der Waals surface area contributed by atoms with Crippen molar-refractivity contribution in [1.82, 2.24) is 4.98 Å². The largest absolute Gasteiger partial charge is 0.439 e. The molecule has 3 heteroatoms. The Kier molecular flexibility index (Phi) is 3.20. The fourth-order valence-corrected chi connectivity index (χ4v) is 2.54. The summed E-state index contributed by atoms with van der Waals surface area (Å²) in [5.74, 6) is 1.86. The van der Waals surface area contributed by atoms with Crippen LogP contribution in [0.3, 0.4) is 0 Å². The molecule has 0 unspecified atom stereocenters. The first-order valence-electron chi connectivity index (χ1n) is 6.16. The van der Waals surface area contributed by atoms with Crippen LogP contribution < -0.4 is 4.74 Å². The van der Waals surface area contributed by atoms with Crippen molar-refractivity contribution in [3.8, 4) is 11.6 Å². The number of nitrogens with zero attached hydrogens (tertiary/aromatic N) is 1. The van der Waals surface area contributed by atoms with Gasteiger partial charge in [0.05, 0.1) is 5.88 Å². The zero-order chi connectivity index (χ0) is 12.4. The lowest BCUT2D eigenvalue weighted by molar-refractivity contribution is 0.458. The van der Waals surface area contributed by atoms with E-state index >= 15 is 0 Å². The molecule has 0 atom stereocenters. The Labute approximate surface area is 112 Å². The van der Waals surface area contributed by atoms with Gasteiger partial charge in [-0.1, -0.05) is 12.1 Å². The third-order valence-electron chi connectivity index (χ3n) is 3.28. The standard InChI is InChI=1S/C15H14ClNO/c16-10-13-5-2-8-17-15(13)18-14-7-6-11-3-1-4-12(11)9-14/h2,5-9H,1,3-4,10H2. The van der Waals surface area contributed by atoms with Gasteiger partial charge < -0.3 is 4.74 Å². The van der Waals surface area contributed by atoms with Crippen molar-refractivity contribution < 1.29 is 4.74 Å². The minimum Gasteiger partial charge on any atom is -0.439 e. The summed E-state index contributed by atoms with van der Waals surface area (Å²) in [6.45, 7) is 0. The van der Waals surface area contributed by atoms with E-state index in [1.54, 1.807) is 6.20 Å². The average molecular weight is 260 g/mol. The van der Waals surface area contributed by atoms with Gasteiger partial charge in [0, 0.05) is 11.8 Å². The lowest BCUT2D eigenvalue weighted by Crippen LogP contribution is -1.93. The molecule has 1 aromatic carbocycles. The highest BCUT2D eigenvalue weighted by molar-refractivity contribution is 6.17. The van der Waals surface area contributed by atoms with Gasteiger partial charge in [-0.05, 0) is 48.6 Å². The molecule has 0 amide bonds. The number of pyridine rings is 1. The van der Waals surface area contributed by atoms with Crippen LogP contribution in [0.1, 0.15) is 23.1 Å². The molecule has 1 aromatic heterocycles. The van der Waals surface area contributed by atoms with Gasteiger partial charge in [0.25, 0.3) is 0 Å². The van der Waals surface area contributed by atoms with Crippen LogP contribution in [0, 0.1) is 0 Å². The van der Waals surface area contributed by atoms with E-state index < -0.39 is 0 Å². The lowest BCUT2D eigenvalue weighted by atomic mass is 10.1. The number of rotatable bonds is 3. The number of benzene rings is 1. The summed E-state index contributed by atoms with van der Waals surface area (Å²) in [7, 11) is 0. The van der Waals surface area contributed by atoms with Gasteiger partial charge in [-0.25, -0.2) is 4.98 Å². The van der Waals surface area contributed by atoms with Crippen LogP contribution in [0.15, 0.2) is 36.5 Å². The molecule has 0 aliphatic heterocycles. The second-order valence-corrected chi connectivity index (χ2v) is 4.75. The van der Waals surface area contributed by atoms with Crippen LogP contribution >= 0.6 is 11.6 Å². The molecule has 0 saturated heterocycles. The molecule has 18 heavy (non-hydrogen) atoms. The number of fused-ring (bicyclic) bond motifs is 1. The second-order valence-electron chi connectivity index (χ2n) is 4.49. The third-order valence-corrected chi connectivity index (χ3v) is 3.57. The van der Waals surface area contributed by atoms with Crippen LogP contribution in [-0.4, -0.2) is 4.98 Å². The molecule has 0 spiro atoms. The Morgan fingerprint density at radius 1 is 1.17 bits per heavy atom. The highest BCUT2D eigenvalue weighted by atomic mass is 35.5. The zero-order valence-electron chi connectivity index (χ0n) is 10.0. The summed E-state index contributed by atoms with van der Waals surface area (Å²) in [5, 5.41) is 0. The summed E-state index contributed by atoms with van der Waals surface area (Å²) in [6.07, 6.45) is 5.30. The van der Waals surface area contributed by atoms with Gasteiger partial charge in [0.15, 0.2) is 0 Å². The van der Waals surface area contributed by atoms with Crippen molar-refractivity contribution in [2.75, 3.05) is 0 Å². The number of hydrogen-bond acceptors (Lipinski definition) is 2. The average Bonchev–Trinajstić information content (AvgIpc) is 2.87. The highest BCUT2D eigenvalue weighted by Crippen LogP contribution is 2.29. The van der Waals surface area contributed by atoms with Crippen molar-refractivity contribution in [1.29, 1.82) is 0 Å². The summed E-state index contributed by atoms with van der Waals surface area (Å²) in [6, 6.07) is 10.1. The molecule has 92 valence electrons. The van der Waals surface area contributed by atoms with E-state index in [4.69, 9.17) is 16.3 Å². The third kappa shape index (κ3) is 2.21. The van der Waals surface area contributed by atoms with E-state index in [2.05, 4.69) is 17.1 Å². The fraction of sp³-hybridized carbons (Fsp3) is 0.267. The maximum absolute atomic E-state index is 5.87. The van der Waals surface area contributed by atoms with E-state index in [0.29, 0.717) is 11.8 Å². The molecule has 2 nitrogen and oxygen atoms in total. The number of aryl methyl sites for hydroxylation is 2. The molecular formula is C15H14ClNO. The highest BCUT2D eigenvalue weighted by Gasteiger charge is 2.12. The van der Waals surface area contributed by atoms with Gasteiger partial charge in [-0.2, -0.15) is 0 Å². The van der Waals surface area contributed by atoms with Crippen molar-refractivity contribution in [2.24, 2.45) is 0 Å². The first-order chi connectivity index (χ1) is 8.86. The SMILES string of the molecule is ClCc1cccnc1Oc1ccc2c(c1)CCC2.